The lowest BCUT2D eigenvalue weighted by Gasteiger charge is -2.06. The van der Waals surface area contributed by atoms with Crippen molar-refractivity contribution in [3.63, 3.8) is 0 Å². The zero-order valence-electron chi connectivity index (χ0n) is 12.5. The summed E-state index contributed by atoms with van der Waals surface area (Å²) in [5.41, 5.74) is 0.811. The van der Waals surface area contributed by atoms with E-state index in [1.54, 1.807) is 6.92 Å². The van der Waals surface area contributed by atoms with Gasteiger partial charge in [-0.3, -0.25) is 9.59 Å². The maximum absolute atomic E-state index is 12.4. The van der Waals surface area contributed by atoms with E-state index in [2.05, 4.69) is 0 Å². The largest absolute Gasteiger partial charge is 0.504 e. The molecule has 0 atom stereocenters. The molecule has 6 heteroatoms. The molecule has 2 rings (SSSR count). The van der Waals surface area contributed by atoms with Gasteiger partial charge in [-0.2, -0.15) is 0 Å². The molecule has 0 aliphatic heterocycles. The number of phenolic OH excluding ortho intramolecular Hbond substituents is 1. The molecule has 1 aromatic heterocycles. The summed E-state index contributed by atoms with van der Waals surface area (Å²) in [6, 6.07) is 2.87. The molecule has 1 N–H and O–H groups in total. The smallest absolute Gasteiger partial charge is 0.195 e. The van der Waals surface area contributed by atoms with Crippen LogP contribution >= 0.6 is 11.8 Å². The highest BCUT2D eigenvalue weighted by molar-refractivity contribution is 8.13. The Bertz CT molecular complexity index is 735. The van der Waals surface area contributed by atoms with Gasteiger partial charge in [-0.1, -0.05) is 11.8 Å². The van der Waals surface area contributed by atoms with Crippen LogP contribution in [0.4, 0.5) is 0 Å². The van der Waals surface area contributed by atoms with Gasteiger partial charge in [0, 0.05) is 24.3 Å². The Balaban J connectivity index is 2.14. The summed E-state index contributed by atoms with van der Waals surface area (Å²) < 4.78 is 10.4. The van der Waals surface area contributed by atoms with Crippen LogP contribution in [0.25, 0.3) is 11.0 Å². The summed E-state index contributed by atoms with van der Waals surface area (Å²) in [5.74, 6) is 0.942. The van der Waals surface area contributed by atoms with E-state index in [4.69, 9.17) is 9.15 Å². The lowest BCUT2D eigenvalue weighted by atomic mass is 10.1. The van der Waals surface area contributed by atoms with Gasteiger partial charge in [-0.05, 0) is 25.3 Å². The Morgan fingerprint density at radius 3 is 2.82 bits per heavy atom. The molecule has 0 saturated carbocycles. The van der Waals surface area contributed by atoms with Crippen LogP contribution < -0.4 is 10.2 Å². The number of carbonyl (C=O) groups excluding carboxylic acids is 1. The predicted molar refractivity (Wildman–Crippen MR) is 86.8 cm³/mol. The molecule has 0 aliphatic carbocycles. The Kier molecular flexibility index (Phi) is 5.49. The number of unbranched alkanes of at least 4 members (excludes halogenated alkanes) is 1. The van der Waals surface area contributed by atoms with Crippen molar-refractivity contribution in [1.82, 2.24) is 0 Å². The van der Waals surface area contributed by atoms with E-state index in [9.17, 15) is 14.7 Å². The molecule has 1 heterocycles. The Hall–Kier alpha value is -1.95. The molecule has 22 heavy (non-hydrogen) atoms. The number of hydrogen-bond donors (Lipinski definition) is 1. The second-order valence-corrected chi connectivity index (χ2v) is 6.18. The highest BCUT2D eigenvalue weighted by Gasteiger charge is 2.11. The quantitative estimate of drug-likeness (QED) is 0.824. The fraction of sp³-hybridized carbons (Fsp3) is 0.375. The minimum Gasteiger partial charge on any atom is -0.504 e. The number of methoxy groups -OCH3 is 1. The molecule has 0 unspecified atom stereocenters. The molecular formula is C16H18O5S. The van der Waals surface area contributed by atoms with Crippen molar-refractivity contribution in [3.8, 4) is 11.5 Å². The fourth-order valence-corrected chi connectivity index (χ4v) is 2.79. The van der Waals surface area contributed by atoms with Gasteiger partial charge in [0.25, 0.3) is 0 Å². The van der Waals surface area contributed by atoms with Crippen molar-refractivity contribution in [2.45, 2.75) is 26.2 Å². The maximum Gasteiger partial charge on any atom is 0.195 e. The highest BCUT2D eigenvalue weighted by Crippen LogP contribution is 2.30. The average molecular weight is 322 g/mol. The van der Waals surface area contributed by atoms with Crippen molar-refractivity contribution in [1.29, 1.82) is 0 Å². The van der Waals surface area contributed by atoms with Crippen LogP contribution in [0.15, 0.2) is 27.6 Å². The molecule has 2 aromatic rings. The van der Waals surface area contributed by atoms with Gasteiger partial charge >= 0.3 is 0 Å². The molecule has 0 fully saturated rings. The molecule has 5 nitrogen and oxygen atoms in total. The molecule has 118 valence electrons. The van der Waals surface area contributed by atoms with Gasteiger partial charge in [-0.15, -0.1) is 0 Å². The highest BCUT2D eigenvalue weighted by atomic mass is 32.2. The maximum atomic E-state index is 12.4. The van der Waals surface area contributed by atoms with E-state index in [-0.39, 0.29) is 22.0 Å². The minimum atomic E-state index is -0.112. The van der Waals surface area contributed by atoms with E-state index in [0.29, 0.717) is 23.0 Å². The Labute approximate surface area is 132 Å². The summed E-state index contributed by atoms with van der Waals surface area (Å²) in [4.78, 5) is 23.3. The third-order valence-corrected chi connectivity index (χ3v) is 4.19. The first-order valence-corrected chi connectivity index (χ1v) is 7.96. The van der Waals surface area contributed by atoms with Crippen molar-refractivity contribution in [2.75, 3.05) is 12.9 Å². The van der Waals surface area contributed by atoms with Crippen LogP contribution in [0.5, 0.6) is 11.5 Å². The second kappa shape index (κ2) is 7.35. The lowest BCUT2D eigenvalue weighted by Crippen LogP contribution is -2.09. The van der Waals surface area contributed by atoms with E-state index in [0.717, 1.165) is 18.6 Å². The number of fused-ring (bicyclic) bond motifs is 1. The topological polar surface area (TPSA) is 76.7 Å². The molecule has 1 aromatic carbocycles. The SMILES string of the molecule is COc1cc2c(=O)c(CCCCSC(C)=O)coc2cc1O. The molecule has 0 aliphatic rings. The number of aromatic hydroxyl groups is 1. The van der Waals surface area contributed by atoms with Crippen molar-refractivity contribution >= 4 is 27.8 Å². The van der Waals surface area contributed by atoms with Gasteiger partial charge in [0.05, 0.1) is 18.8 Å². The molecule has 0 spiro atoms. The number of aryl methyl sites for hydroxylation is 1. The first kappa shape index (κ1) is 16.4. The first-order valence-electron chi connectivity index (χ1n) is 6.97. The van der Waals surface area contributed by atoms with E-state index >= 15 is 0 Å². The molecule has 0 bridgehead atoms. The summed E-state index contributed by atoms with van der Waals surface area (Å²) in [7, 11) is 1.43. The minimum absolute atomic E-state index is 0.0628. The number of phenols is 1. The first-order chi connectivity index (χ1) is 10.5. The number of rotatable bonds is 6. The molecule has 0 radical (unpaired) electrons. The average Bonchev–Trinajstić information content (AvgIpc) is 2.48. The molecule has 0 saturated heterocycles. The van der Waals surface area contributed by atoms with Crippen molar-refractivity contribution in [2.24, 2.45) is 0 Å². The Morgan fingerprint density at radius 2 is 2.14 bits per heavy atom. The Morgan fingerprint density at radius 1 is 1.36 bits per heavy atom. The summed E-state index contributed by atoms with van der Waals surface area (Å²) in [6.45, 7) is 1.55. The van der Waals surface area contributed by atoms with E-state index < -0.39 is 0 Å². The number of ether oxygens (including phenoxy) is 1. The van der Waals surface area contributed by atoms with Gasteiger partial charge in [0.1, 0.15) is 5.58 Å². The number of benzene rings is 1. The summed E-state index contributed by atoms with van der Waals surface area (Å²) in [6.07, 6.45) is 3.71. The third-order valence-electron chi connectivity index (χ3n) is 3.29. The van der Waals surface area contributed by atoms with Crippen LogP contribution in [-0.4, -0.2) is 23.1 Å². The monoisotopic (exact) mass is 322 g/mol. The fourth-order valence-electron chi connectivity index (χ4n) is 2.15. The third kappa shape index (κ3) is 3.82. The molecule has 0 amide bonds. The van der Waals surface area contributed by atoms with E-state index in [1.807, 2.05) is 0 Å². The summed E-state index contributed by atoms with van der Waals surface area (Å²) >= 11 is 1.29. The normalized spacial score (nSPS) is 10.8. The zero-order valence-corrected chi connectivity index (χ0v) is 13.4. The summed E-state index contributed by atoms with van der Waals surface area (Å²) in [5, 5.41) is 10.2. The zero-order chi connectivity index (χ0) is 16.1. The van der Waals surface area contributed by atoms with Crippen molar-refractivity contribution in [3.05, 3.63) is 34.2 Å². The van der Waals surface area contributed by atoms with Gasteiger partial charge in [0.2, 0.25) is 0 Å². The van der Waals surface area contributed by atoms with Crippen LogP contribution in [-0.2, 0) is 11.2 Å². The van der Waals surface area contributed by atoms with Crippen LogP contribution in [0, 0.1) is 0 Å². The van der Waals surface area contributed by atoms with Crippen molar-refractivity contribution < 1.29 is 19.1 Å². The molecular weight excluding hydrogens is 304 g/mol. The lowest BCUT2D eigenvalue weighted by molar-refractivity contribution is -0.109. The second-order valence-electron chi connectivity index (χ2n) is 4.91. The standard InChI is InChI=1S/C16H18O5S/c1-10(17)22-6-4-3-5-11-9-21-14-8-13(18)15(20-2)7-12(14)16(11)19/h7-9,18H,3-6H2,1-2H3. The van der Waals surface area contributed by atoms with Gasteiger partial charge < -0.3 is 14.3 Å². The van der Waals surface area contributed by atoms with E-state index in [1.165, 1.54) is 37.3 Å². The van der Waals surface area contributed by atoms with Crippen LogP contribution in [0.3, 0.4) is 0 Å². The number of carbonyl (C=O) groups is 1. The van der Waals surface area contributed by atoms with Gasteiger partial charge in [-0.25, -0.2) is 0 Å². The number of hydrogen-bond acceptors (Lipinski definition) is 6. The van der Waals surface area contributed by atoms with Crippen LogP contribution in [0.2, 0.25) is 0 Å². The number of thioether (sulfide) groups is 1. The predicted octanol–water partition coefficient (Wildman–Crippen LogP) is 3.11. The van der Waals surface area contributed by atoms with Gasteiger partial charge in [0.15, 0.2) is 22.0 Å². The van der Waals surface area contributed by atoms with Crippen LogP contribution in [0.1, 0.15) is 25.3 Å².